The summed E-state index contributed by atoms with van der Waals surface area (Å²) in [5, 5.41) is 0. The molecule has 1 unspecified atom stereocenters. The van der Waals surface area contributed by atoms with E-state index >= 15 is 0 Å². The zero-order valence-electron chi connectivity index (χ0n) is 17.7. The van der Waals surface area contributed by atoms with E-state index in [0.717, 1.165) is 38.8 Å². The topological polar surface area (TPSA) is 24.9 Å². The first kappa shape index (κ1) is 20.3. The largest absolute Gasteiger partial charge is 0.381 e. The van der Waals surface area contributed by atoms with Gasteiger partial charge in [-0.05, 0) is 75.6 Å². The number of hydrogen-bond acceptors (Lipinski definition) is 4. The number of ether oxygens (including phenoxy) is 2. The van der Waals surface area contributed by atoms with Crippen LogP contribution >= 0.6 is 0 Å². The molecule has 1 aromatic carbocycles. The third kappa shape index (κ3) is 5.56. The van der Waals surface area contributed by atoms with E-state index in [1.165, 1.54) is 69.3 Å². The van der Waals surface area contributed by atoms with Gasteiger partial charge in [0.15, 0.2) is 0 Å². The molecule has 0 spiro atoms. The summed E-state index contributed by atoms with van der Waals surface area (Å²) in [4.78, 5) is 5.43. The average Bonchev–Trinajstić information content (AvgIpc) is 3.24. The molecule has 0 bridgehead atoms. The molecule has 3 aliphatic heterocycles. The van der Waals surface area contributed by atoms with Crippen LogP contribution in [0.1, 0.15) is 49.7 Å². The molecule has 4 rings (SSSR count). The van der Waals surface area contributed by atoms with Crippen LogP contribution in [-0.4, -0.2) is 67.9 Å². The Hall–Kier alpha value is -0.940. The van der Waals surface area contributed by atoms with E-state index in [1.54, 1.807) is 0 Å². The van der Waals surface area contributed by atoms with Gasteiger partial charge in [0.1, 0.15) is 0 Å². The summed E-state index contributed by atoms with van der Waals surface area (Å²) < 4.78 is 11.6. The minimum Gasteiger partial charge on any atom is -0.381 e. The van der Waals surface area contributed by atoms with E-state index in [0.29, 0.717) is 12.1 Å². The van der Waals surface area contributed by atoms with Crippen LogP contribution in [0.25, 0.3) is 0 Å². The third-order valence-corrected chi connectivity index (χ3v) is 7.02. The van der Waals surface area contributed by atoms with Crippen LogP contribution in [-0.2, 0) is 16.0 Å². The van der Waals surface area contributed by atoms with Gasteiger partial charge in [0.2, 0.25) is 0 Å². The van der Waals surface area contributed by atoms with Gasteiger partial charge in [-0.3, -0.25) is 9.80 Å². The molecule has 0 amide bonds. The van der Waals surface area contributed by atoms with Crippen LogP contribution in [0.4, 0.5) is 0 Å². The van der Waals surface area contributed by atoms with E-state index in [4.69, 9.17) is 9.47 Å². The average molecular weight is 387 g/mol. The Morgan fingerprint density at radius 2 is 1.75 bits per heavy atom. The molecular formula is C24H38N2O2. The Kier molecular flexibility index (Phi) is 7.41. The lowest BCUT2D eigenvalue weighted by Crippen LogP contribution is -2.47. The maximum absolute atomic E-state index is 5.98. The van der Waals surface area contributed by atoms with Crippen molar-refractivity contribution in [3.8, 4) is 0 Å². The second kappa shape index (κ2) is 10.2. The highest BCUT2D eigenvalue weighted by Gasteiger charge is 2.29. The van der Waals surface area contributed by atoms with Gasteiger partial charge in [-0.25, -0.2) is 0 Å². The molecule has 156 valence electrons. The molecule has 3 saturated heterocycles. The number of likely N-dealkylation sites (tertiary alicyclic amines) is 1. The molecule has 0 radical (unpaired) electrons. The van der Waals surface area contributed by atoms with E-state index < -0.39 is 0 Å². The lowest BCUT2D eigenvalue weighted by molar-refractivity contribution is -0.00308. The number of nitrogens with zero attached hydrogens (tertiary/aromatic N) is 2. The fraction of sp³-hybridized carbons (Fsp3) is 0.750. The van der Waals surface area contributed by atoms with Gasteiger partial charge in [-0.2, -0.15) is 0 Å². The Morgan fingerprint density at radius 1 is 0.964 bits per heavy atom. The molecular weight excluding hydrogens is 348 g/mol. The van der Waals surface area contributed by atoms with Crippen molar-refractivity contribution in [2.45, 2.75) is 64.1 Å². The predicted octanol–water partition coefficient (Wildman–Crippen LogP) is 3.87. The number of aryl methyl sites for hydroxylation is 1. The molecule has 0 aliphatic carbocycles. The van der Waals surface area contributed by atoms with Crippen molar-refractivity contribution in [3.63, 3.8) is 0 Å². The van der Waals surface area contributed by atoms with Crippen LogP contribution in [0.5, 0.6) is 0 Å². The van der Waals surface area contributed by atoms with Gasteiger partial charge in [-0.1, -0.05) is 24.3 Å². The van der Waals surface area contributed by atoms with Gasteiger partial charge in [0.25, 0.3) is 0 Å². The van der Waals surface area contributed by atoms with Gasteiger partial charge >= 0.3 is 0 Å². The highest BCUT2D eigenvalue weighted by molar-refractivity contribution is 5.25. The molecule has 0 aromatic heterocycles. The van der Waals surface area contributed by atoms with Crippen LogP contribution in [0.15, 0.2) is 24.3 Å². The number of benzene rings is 1. The van der Waals surface area contributed by atoms with Crippen molar-refractivity contribution in [1.29, 1.82) is 0 Å². The van der Waals surface area contributed by atoms with Crippen LogP contribution in [0.2, 0.25) is 0 Å². The Labute approximate surface area is 171 Å². The number of rotatable bonds is 7. The lowest BCUT2D eigenvalue weighted by Gasteiger charge is -2.40. The molecule has 3 fully saturated rings. The Balaban J connectivity index is 1.28. The summed E-state index contributed by atoms with van der Waals surface area (Å²) in [6.45, 7) is 11.0. The van der Waals surface area contributed by atoms with Crippen molar-refractivity contribution < 1.29 is 9.47 Å². The fourth-order valence-corrected chi connectivity index (χ4v) is 5.16. The minimum atomic E-state index is 0.462. The third-order valence-electron chi connectivity index (χ3n) is 7.02. The minimum absolute atomic E-state index is 0.462. The van der Waals surface area contributed by atoms with Crippen molar-refractivity contribution in [2.75, 3.05) is 46.0 Å². The Bertz CT molecular complexity index is 588. The zero-order chi connectivity index (χ0) is 19.2. The van der Waals surface area contributed by atoms with Crippen LogP contribution in [0, 0.1) is 12.8 Å². The highest BCUT2D eigenvalue weighted by atomic mass is 16.5. The Morgan fingerprint density at radius 3 is 2.46 bits per heavy atom. The van der Waals surface area contributed by atoms with Crippen molar-refractivity contribution in [1.82, 2.24) is 9.80 Å². The van der Waals surface area contributed by atoms with Gasteiger partial charge < -0.3 is 9.47 Å². The fourth-order valence-electron chi connectivity index (χ4n) is 5.16. The van der Waals surface area contributed by atoms with Crippen molar-refractivity contribution >= 4 is 0 Å². The van der Waals surface area contributed by atoms with Crippen molar-refractivity contribution in [2.24, 2.45) is 5.92 Å². The standard InChI is InChI=1S/C24H38N2O2/c1-20-5-2-3-6-22(20)18-25-12-8-21(9-13-25)17-26(19-24-7-4-14-28-24)23-10-15-27-16-11-23/h2-3,5-6,21,23-24H,4,7-19H2,1H3. The highest BCUT2D eigenvalue weighted by Crippen LogP contribution is 2.25. The van der Waals surface area contributed by atoms with Crippen LogP contribution in [0.3, 0.4) is 0 Å². The van der Waals surface area contributed by atoms with E-state index in [2.05, 4.69) is 41.0 Å². The molecule has 0 saturated carbocycles. The van der Waals surface area contributed by atoms with E-state index in [-0.39, 0.29) is 0 Å². The molecule has 4 heteroatoms. The zero-order valence-corrected chi connectivity index (χ0v) is 17.7. The molecule has 3 aliphatic rings. The molecule has 1 aromatic rings. The maximum Gasteiger partial charge on any atom is 0.0702 e. The molecule has 1 atom stereocenters. The summed E-state index contributed by atoms with van der Waals surface area (Å²) in [6, 6.07) is 9.54. The summed E-state index contributed by atoms with van der Waals surface area (Å²) in [7, 11) is 0. The van der Waals surface area contributed by atoms with E-state index in [9.17, 15) is 0 Å². The molecule has 0 N–H and O–H groups in total. The maximum atomic E-state index is 5.98. The SMILES string of the molecule is Cc1ccccc1CN1CCC(CN(CC2CCCO2)C2CCOCC2)CC1. The smallest absolute Gasteiger partial charge is 0.0702 e. The first-order valence-electron chi connectivity index (χ1n) is 11.5. The summed E-state index contributed by atoms with van der Waals surface area (Å²) in [5.41, 5.74) is 2.91. The monoisotopic (exact) mass is 386 g/mol. The second-order valence-electron chi connectivity index (χ2n) is 9.08. The van der Waals surface area contributed by atoms with Crippen molar-refractivity contribution in [3.05, 3.63) is 35.4 Å². The van der Waals surface area contributed by atoms with Gasteiger partial charge in [-0.15, -0.1) is 0 Å². The van der Waals surface area contributed by atoms with Gasteiger partial charge in [0.05, 0.1) is 6.10 Å². The van der Waals surface area contributed by atoms with Crippen LogP contribution < -0.4 is 0 Å². The lowest BCUT2D eigenvalue weighted by atomic mass is 9.93. The number of hydrogen-bond donors (Lipinski definition) is 0. The molecule has 4 nitrogen and oxygen atoms in total. The van der Waals surface area contributed by atoms with Gasteiger partial charge in [0, 0.05) is 45.5 Å². The first-order valence-corrected chi connectivity index (χ1v) is 11.5. The summed E-state index contributed by atoms with van der Waals surface area (Å²) in [6.07, 6.45) is 7.99. The normalized spacial score (nSPS) is 25.6. The number of piperidine rings is 1. The molecule has 3 heterocycles. The summed E-state index contributed by atoms with van der Waals surface area (Å²) in [5.74, 6) is 0.831. The quantitative estimate of drug-likeness (QED) is 0.710. The predicted molar refractivity (Wildman–Crippen MR) is 114 cm³/mol. The first-order chi connectivity index (χ1) is 13.8. The second-order valence-corrected chi connectivity index (χ2v) is 9.08. The summed E-state index contributed by atoms with van der Waals surface area (Å²) >= 11 is 0. The van der Waals surface area contributed by atoms with E-state index in [1.807, 2.05) is 0 Å². The molecule has 28 heavy (non-hydrogen) atoms.